The largest absolute Gasteiger partial charge is 0.508 e. The summed E-state index contributed by atoms with van der Waals surface area (Å²) < 4.78 is 0. The van der Waals surface area contributed by atoms with E-state index in [4.69, 9.17) is 0 Å². The quantitative estimate of drug-likeness (QED) is 0.635. The van der Waals surface area contributed by atoms with Crippen molar-refractivity contribution in [3.63, 3.8) is 0 Å². The fourth-order valence-electron chi connectivity index (χ4n) is 2.69. The summed E-state index contributed by atoms with van der Waals surface area (Å²) in [5, 5.41) is 17.2. The number of para-hydroxylation sites is 1. The molecular formula is C18H17N3O4. The van der Waals surface area contributed by atoms with E-state index in [1.165, 1.54) is 6.07 Å². The van der Waals surface area contributed by atoms with Crippen LogP contribution in [0.15, 0.2) is 48.5 Å². The van der Waals surface area contributed by atoms with Crippen molar-refractivity contribution in [2.45, 2.75) is 18.9 Å². The van der Waals surface area contributed by atoms with Gasteiger partial charge in [0, 0.05) is 11.3 Å². The Morgan fingerprint density at radius 2 is 1.92 bits per heavy atom. The standard InChI is InChI=1S/C18H17N3O4/c1-18(16(24)20-17(25)21-18)12-6-4-7-13(10-12)19-15(23)9-11-5-2-3-8-14(11)22/h2-8,10,22H,9H2,1H3,(H,19,23)(H2,20,21,24,25)/t18-/m1/s1. The second-order valence-corrected chi connectivity index (χ2v) is 5.97. The maximum atomic E-state index is 12.2. The number of hydrogen-bond donors (Lipinski definition) is 4. The van der Waals surface area contributed by atoms with Crippen LogP contribution in [0.3, 0.4) is 0 Å². The van der Waals surface area contributed by atoms with Crippen molar-refractivity contribution < 1.29 is 19.5 Å². The number of benzene rings is 2. The van der Waals surface area contributed by atoms with Gasteiger partial charge in [0.2, 0.25) is 5.91 Å². The lowest BCUT2D eigenvalue weighted by atomic mass is 9.92. The highest BCUT2D eigenvalue weighted by molar-refractivity contribution is 6.07. The van der Waals surface area contributed by atoms with Gasteiger partial charge in [-0.1, -0.05) is 30.3 Å². The number of nitrogens with one attached hydrogen (secondary N) is 3. The van der Waals surface area contributed by atoms with E-state index >= 15 is 0 Å². The van der Waals surface area contributed by atoms with Gasteiger partial charge in [-0.15, -0.1) is 0 Å². The van der Waals surface area contributed by atoms with Crippen LogP contribution >= 0.6 is 0 Å². The molecule has 0 bridgehead atoms. The lowest BCUT2D eigenvalue weighted by molar-refractivity contribution is -0.123. The summed E-state index contributed by atoms with van der Waals surface area (Å²) in [6, 6.07) is 12.8. The van der Waals surface area contributed by atoms with Gasteiger partial charge < -0.3 is 15.7 Å². The first-order chi connectivity index (χ1) is 11.9. The summed E-state index contributed by atoms with van der Waals surface area (Å²) in [5.41, 5.74) is 0.380. The molecule has 0 aromatic heterocycles. The molecule has 25 heavy (non-hydrogen) atoms. The minimum Gasteiger partial charge on any atom is -0.508 e. The Morgan fingerprint density at radius 3 is 2.60 bits per heavy atom. The highest BCUT2D eigenvalue weighted by Gasteiger charge is 2.43. The third kappa shape index (κ3) is 3.30. The molecular weight excluding hydrogens is 322 g/mol. The van der Waals surface area contributed by atoms with Gasteiger partial charge in [-0.25, -0.2) is 4.79 Å². The third-order valence-electron chi connectivity index (χ3n) is 4.11. The number of imide groups is 1. The molecule has 1 saturated heterocycles. The Hall–Kier alpha value is -3.35. The van der Waals surface area contributed by atoms with E-state index in [2.05, 4.69) is 16.0 Å². The molecule has 1 atom stereocenters. The Labute approximate surface area is 144 Å². The lowest BCUT2D eigenvalue weighted by Gasteiger charge is -2.21. The van der Waals surface area contributed by atoms with Gasteiger partial charge in [0.15, 0.2) is 0 Å². The summed E-state index contributed by atoms with van der Waals surface area (Å²) in [7, 11) is 0. The predicted octanol–water partition coefficient (Wildman–Crippen LogP) is 1.63. The van der Waals surface area contributed by atoms with E-state index in [9.17, 15) is 19.5 Å². The fourth-order valence-corrected chi connectivity index (χ4v) is 2.69. The molecule has 128 valence electrons. The summed E-state index contributed by atoms with van der Waals surface area (Å²) >= 11 is 0. The van der Waals surface area contributed by atoms with Crippen LogP contribution in [0, 0.1) is 0 Å². The smallest absolute Gasteiger partial charge is 0.322 e. The highest BCUT2D eigenvalue weighted by atomic mass is 16.3. The zero-order chi connectivity index (χ0) is 18.0. The molecule has 0 aliphatic carbocycles. The predicted molar refractivity (Wildman–Crippen MR) is 90.9 cm³/mol. The molecule has 1 heterocycles. The molecule has 1 aliphatic heterocycles. The molecule has 0 saturated carbocycles. The van der Waals surface area contributed by atoms with Gasteiger partial charge in [0.25, 0.3) is 5.91 Å². The van der Waals surface area contributed by atoms with Crippen LogP contribution < -0.4 is 16.0 Å². The van der Waals surface area contributed by atoms with Gasteiger partial charge in [-0.3, -0.25) is 14.9 Å². The van der Waals surface area contributed by atoms with Gasteiger partial charge >= 0.3 is 6.03 Å². The van der Waals surface area contributed by atoms with Crippen LogP contribution in [-0.2, 0) is 21.5 Å². The number of amides is 4. The van der Waals surface area contributed by atoms with Crippen molar-refractivity contribution in [1.29, 1.82) is 0 Å². The van der Waals surface area contributed by atoms with Crippen LogP contribution in [0.25, 0.3) is 0 Å². The van der Waals surface area contributed by atoms with Crippen LogP contribution in [0.1, 0.15) is 18.1 Å². The van der Waals surface area contributed by atoms with Crippen molar-refractivity contribution in [3.05, 3.63) is 59.7 Å². The van der Waals surface area contributed by atoms with Crippen LogP contribution in [0.2, 0.25) is 0 Å². The number of phenols is 1. The molecule has 1 aliphatic rings. The summed E-state index contributed by atoms with van der Waals surface area (Å²) in [6.45, 7) is 1.59. The number of phenolic OH excluding ortho intramolecular Hbond substituents is 1. The topological polar surface area (TPSA) is 108 Å². The van der Waals surface area contributed by atoms with Gasteiger partial charge in [-0.05, 0) is 30.7 Å². The molecule has 4 amide bonds. The minimum absolute atomic E-state index is 0.0192. The minimum atomic E-state index is -1.19. The van der Waals surface area contributed by atoms with E-state index in [0.717, 1.165) is 0 Å². The highest BCUT2D eigenvalue weighted by Crippen LogP contribution is 2.26. The number of urea groups is 1. The normalized spacial score (nSPS) is 19.2. The van der Waals surface area contributed by atoms with Crippen LogP contribution in [0.4, 0.5) is 10.5 Å². The van der Waals surface area contributed by atoms with Crippen LogP contribution in [-0.4, -0.2) is 23.0 Å². The lowest BCUT2D eigenvalue weighted by Crippen LogP contribution is -2.40. The Morgan fingerprint density at radius 1 is 1.16 bits per heavy atom. The van der Waals surface area contributed by atoms with Crippen molar-refractivity contribution in [1.82, 2.24) is 10.6 Å². The Bertz CT molecular complexity index is 865. The first kappa shape index (κ1) is 16.5. The Balaban J connectivity index is 1.76. The van der Waals surface area contributed by atoms with E-state index in [1.54, 1.807) is 49.4 Å². The average Bonchev–Trinajstić information content (AvgIpc) is 2.83. The van der Waals surface area contributed by atoms with Crippen molar-refractivity contribution in [2.75, 3.05) is 5.32 Å². The first-order valence-electron chi connectivity index (χ1n) is 7.69. The maximum absolute atomic E-state index is 12.2. The number of rotatable bonds is 4. The monoisotopic (exact) mass is 339 g/mol. The van der Waals surface area contributed by atoms with Gasteiger partial charge in [0.1, 0.15) is 11.3 Å². The van der Waals surface area contributed by atoms with Crippen molar-refractivity contribution >= 4 is 23.5 Å². The number of carbonyl (C=O) groups excluding carboxylic acids is 3. The van der Waals surface area contributed by atoms with Crippen LogP contribution in [0.5, 0.6) is 5.75 Å². The summed E-state index contributed by atoms with van der Waals surface area (Å²) in [4.78, 5) is 35.6. The zero-order valence-corrected chi connectivity index (χ0v) is 13.5. The molecule has 4 N–H and O–H groups in total. The molecule has 0 radical (unpaired) electrons. The second kappa shape index (κ2) is 6.27. The van der Waals surface area contributed by atoms with E-state index in [0.29, 0.717) is 16.8 Å². The van der Waals surface area contributed by atoms with Crippen molar-refractivity contribution in [3.8, 4) is 5.75 Å². The van der Waals surface area contributed by atoms with E-state index in [-0.39, 0.29) is 18.1 Å². The van der Waals surface area contributed by atoms with Gasteiger partial charge in [0.05, 0.1) is 6.42 Å². The summed E-state index contributed by atoms with van der Waals surface area (Å²) in [5.74, 6) is -0.692. The van der Waals surface area contributed by atoms with Gasteiger partial charge in [-0.2, -0.15) is 0 Å². The zero-order valence-electron chi connectivity index (χ0n) is 13.5. The Kier molecular flexibility index (Phi) is 4.14. The molecule has 1 fully saturated rings. The maximum Gasteiger partial charge on any atom is 0.322 e. The SMILES string of the molecule is C[C@]1(c2cccc(NC(=O)Cc3ccccc3O)c2)NC(=O)NC1=O. The molecule has 2 aromatic carbocycles. The third-order valence-corrected chi connectivity index (χ3v) is 4.11. The second-order valence-electron chi connectivity index (χ2n) is 5.97. The first-order valence-corrected chi connectivity index (χ1v) is 7.69. The molecule has 0 spiro atoms. The van der Waals surface area contributed by atoms with E-state index < -0.39 is 17.5 Å². The number of aromatic hydroxyl groups is 1. The van der Waals surface area contributed by atoms with E-state index in [1.807, 2.05) is 0 Å². The molecule has 7 nitrogen and oxygen atoms in total. The molecule has 7 heteroatoms. The number of anilines is 1. The average molecular weight is 339 g/mol. The molecule has 2 aromatic rings. The number of carbonyl (C=O) groups is 3. The van der Waals surface area contributed by atoms with Crippen molar-refractivity contribution in [2.24, 2.45) is 0 Å². The summed E-state index contributed by atoms with van der Waals surface area (Å²) in [6.07, 6.45) is 0.0192. The molecule has 0 unspecified atom stereocenters. The fraction of sp³-hybridized carbons (Fsp3) is 0.167. The molecule has 3 rings (SSSR count). The number of hydrogen-bond acceptors (Lipinski definition) is 4.